The number of nitrogens with zero attached hydrogens (tertiary/aromatic N) is 2. The molecule has 16 heavy (non-hydrogen) atoms. The van der Waals surface area contributed by atoms with Gasteiger partial charge in [-0.05, 0) is 31.0 Å². The molecule has 0 bridgehead atoms. The Labute approximate surface area is 94.8 Å². The average Bonchev–Trinajstić information content (AvgIpc) is 2.33. The van der Waals surface area contributed by atoms with Gasteiger partial charge in [0.15, 0.2) is 5.82 Å². The largest absolute Gasteiger partial charge is 0.392 e. The van der Waals surface area contributed by atoms with Crippen LogP contribution in [0.5, 0.6) is 0 Å². The molecular formula is C13H14N2O. The zero-order valence-corrected chi connectivity index (χ0v) is 9.44. The number of benzene rings is 1. The molecule has 0 radical (unpaired) electrons. The van der Waals surface area contributed by atoms with E-state index in [1.165, 1.54) is 11.1 Å². The van der Waals surface area contributed by atoms with Gasteiger partial charge in [-0.25, -0.2) is 9.97 Å². The van der Waals surface area contributed by atoms with Gasteiger partial charge in [-0.2, -0.15) is 0 Å². The van der Waals surface area contributed by atoms with Crippen molar-refractivity contribution in [2.45, 2.75) is 20.5 Å². The summed E-state index contributed by atoms with van der Waals surface area (Å²) in [6, 6.07) is 6.15. The van der Waals surface area contributed by atoms with Gasteiger partial charge >= 0.3 is 0 Å². The van der Waals surface area contributed by atoms with Crippen molar-refractivity contribution in [3.05, 3.63) is 47.3 Å². The van der Waals surface area contributed by atoms with E-state index in [2.05, 4.69) is 35.9 Å². The minimum absolute atomic E-state index is 0.0206. The summed E-state index contributed by atoms with van der Waals surface area (Å²) >= 11 is 0. The fourth-order valence-electron chi connectivity index (χ4n) is 1.47. The van der Waals surface area contributed by atoms with Gasteiger partial charge < -0.3 is 5.11 Å². The lowest BCUT2D eigenvalue weighted by molar-refractivity contribution is 0.281. The molecule has 0 aliphatic carbocycles. The Bertz CT molecular complexity index is 492. The van der Waals surface area contributed by atoms with E-state index in [0.29, 0.717) is 5.82 Å². The Kier molecular flexibility index (Phi) is 2.97. The van der Waals surface area contributed by atoms with Crippen LogP contribution in [0.4, 0.5) is 0 Å². The molecule has 2 rings (SSSR count). The van der Waals surface area contributed by atoms with Crippen molar-refractivity contribution in [2.75, 3.05) is 0 Å². The van der Waals surface area contributed by atoms with Crippen molar-refractivity contribution in [1.29, 1.82) is 0 Å². The molecule has 0 aliphatic heterocycles. The number of hydrogen-bond acceptors (Lipinski definition) is 3. The monoisotopic (exact) mass is 214 g/mol. The third-order valence-electron chi connectivity index (χ3n) is 2.65. The summed E-state index contributed by atoms with van der Waals surface area (Å²) < 4.78 is 0. The van der Waals surface area contributed by atoms with Crippen LogP contribution < -0.4 is 0 Å². The Morgan fingerprint density at radius 3 is 2.31 bits per heavy atom. The summed E-state index contributed by atoms with van der Waals surface area (Å²) in [5.41, 5.74) is 4.23. The maximum atomic E-state index is 8.90. The van der Waals surface area contributed by atoms with Gasteiger partial charge in [-0.1, -0.05) is 12.1 Å². The molecule has 0 aliphatic rings. The first-order valence-electron chi connectivity index (χ1n) is 5.20. The first-order chi connectivity index (χ1) is 7.70. The van der Waals surface area contributed by atoms with E-state index in [4.69, 9.17) is 5.11 Å². The lowest BCUT2D eigenvalue weighted by atomic mass is 10.1. The Morgan fingerprint density at radius 1 is 1.06 bits per heavy atom. The number of aromatic nitrogens is 2. The zero-order chi connectivity index (χ0) is 11.5. The smallest absolute Gasteiger partial charge is 0.159 e. The molecular weight excluding hydrogens is 200 g/mol. The van der Waals surface area contributed by atoms with Crippen LogP contribution in [0.2, 0.25) is 0 Å². The molecule has 0 amide bonds. The predicted octanol–water partition coefficient (Wildman–Crippen LogP) is 2.25. The van der Waals surface area contributed by atoms with Crippen molar-refractivity contribution < 1.29 is 5.11 Å². The number of aliphatic hydroxyl groups is 1. The minimum Gasteiger partial charge on any atom is -0.392 e. The van der Waals surface area contributed by atoms with E-state index in [0.717, 1.165) is 11.1 Å². The van der Waals surface area contributed by atoms with E-state index >= 15 is 0 Å². The first kappa shape index (κ1) is 10.8. The number of hydrogen-bond donors (Lipinski definition) is 1. The van der Waals surface area contributed by atoms with E-state index in [9.17, 15) is 0 Å². The van der Waals surface area contributed by atoms with Crippen LogP contribution in [0, 0.1) is 13.8 Å². The van der Waals surface area contributed by atoms with E-state index in [1.54, 1.807) is 12.4 Å². The summed E-state index contributed by atoms with van der Waals surface area (Å²) in [5.74, 6) is 0.695. The molecule has 3 nitrogen and oxygen atoms in total. The molecule has 0 unspecified atom stereocenters. The van der Waals surface area contributed by atoms with Crippen LogP contribution in [0.3, 0.4) is 0 Å². The van der Waals surface area contributed by atoms with Crippen molar-refractivity contribution in [2.24, 2.45) is 0 Å². The van der Waals surface area contributed by atoms with Crippen molar-refractivity contribution >= 4 is 0 Å². The lowest BCUT2D eigenvalue weighted by Crippen LogP contribution is -1.93. The van der Waals surface area contributed by atoms with Gasteiger partial charge in [-0.3, -0.25) is 0 Å². The zero-order valence-electron chi connectivity index (χ0n) is 9.44. The highest BCUT2D eigenvalue weighted by Gasteiger charge is 2.02. The van der Waals surface area contributed by atoms with E-state index < -0.39 is 0 Å². The molecule has 0 spiro atoms. The highest BCUT2D eigenvalue weighted by molar-refractivity contribution is 5.56. The summed E-state index contributed by atoms with van der Waals surface area (Å²) in [4.78, 5) is 8.44. The van der Waals surface area contributed by atoms with Gasteiger partial charge in [0.2, 0.25) is 0 Å². The molecule has 1 N–H and O–H groups in total. The normalized spacial score (nSPS) is 10.4. The second-order valence-corrected chi connectivity index (χ2v) is 3.87. The highest BCUT2D eigenvalue weighted by atomic mass is 16.3. The second-order valence-electron chi connectivity index (χ2n) is 3.87. The molecule has 1 aromatic heterocycles. The number of aliphatic hydroxyl groups excluding tert-OH is 1. The first-order valence-corrected chi connectivity index (χ1v) is 5.20. The Morgan fingerprint density at radius 2 is 1.75 bits per heavy atom. The Hall–Kier alpha value is -1.74. The molecule has 0 saturated heterocycles. The second kappa shape index (κ2) is 4.41. The Balaban J connectivity index is 2.38. The van der Waals surface area contributed by atoms with Crippen LogP contribution in [-0.4, -0.2) is 15.1 Å². The molecule has 3 heteroatoms. The van der Waals surface area contributed by atoms with Crippen LogP contribution in [0.1, 0.15) is 16.7 Å². The van der Waals surface area contributed by atoms with Crippen LogP contribution in [0.25, 0.3) is 11.4 Å². The quantitative estimate of drug-likeness (QED) is 0.834. The van der Waals surface area contributed by atoms with Gasteiger partial charge in [0.1, 0.15) is 0 Å². The lowest BCUT2D eigenvalue weighted by Gasteiger charge is -2.04. The molecule has 2 aromatic rings. The van der Waals surface area contributed by atoms with E-state index in [1.807, 2.05) is 6.07 Å². The number of aryl methyl sites for hydroxylation is 2. The number of rotatable bonds is 2. The maximum absolute atomic E-state index is 8.90. The molecule has 1 aromatic carbocycles. The fourth-order valence-corrected chi connectivity index (χ4v) is 1.47. The van der Waals surface area contributed by atoms with Gasteiger partial charge in [0.25, 0.3) is 0 Å². The standard InChI is InChI=1S/C13H14N2O/c1-9-3-4-12(5-10(9)2)13-14-6-11(8-16)7-15-13/h3-7,16H,8H2,1-2H3. The van der Waals surface area contributed by atoms with Crippen molar-refractivity contribution in [3.8, 4) is 11.4 Å². The maximum Gasteiger partial charge on any atom is 0.159 e. The molecule has 82 valence electrons. The molecule has 0 atom stereocenters. The summed E-state index contributed by atoms with van der Waals surface area (Å²) in [5, 5.41) is 8.90. The van der Waals surface area contributed by atoms with Crippen LogP contribution in [0.15, 0.2) is 30.6 Å². The van der Waals surface area contributed by atoms with Gasteiger partial charge in [-0.15, -0.1) is 0 Å². The summed E-state index contributed by atoms with van der Waals surface area (Å²) in [6.07, 6.45) is 3.30. The summed E-state index contributed by atoms with van der Waals surface area (Å²) in [7, 11) is 0. The average molecular weight is 214 g/mol. The highest BCUT2D eigenvalue weighted by Crippen LogP contribution is 2.18. The summed E-state index contributed by atoms with van der Waals surface area (Å²) in [6.45, 7) is 4.13. The predicted molar refractivity (Wildman–Crippen MR) is 62.9 cm³/mol. The van der Waals surface area contributed by atoms with E-state index in [-0.39, 0.29) is 6.61 Å². The van der Waals surface area contributed by atoms with Crippen LogP contribution in [-0.2, 0) is 6.61 Å². The van der Waals surface area contributed by atoms with Crippen molar-refractivity contribution in [1.82, 2.24) is 9.97 Å². The third kappa shape index (κ3) is 2.09. The third-order valence-corrected chi connectivity index (χ3v) is 2.65. The molecule has 0 saturated carbocycles. The topological polar surface area (TPSA) is 46.0 Å². The van der Waals surface area contributed by atoms with Crippen molar-refractivity contribution in [3.63, 3.8) is 0 Å². The molecule has 1 heterocycles. The SMILES string of the molecule is Cc1ccc(-c2ncc(CO)cn2)cc1C. The van der Waals surface area contributed by atoms with Gasteiger partial charge in [0, 0.05) is 23.5 Å². The fraction of sp³-hybridized carbons (Fsp3) is 0.231. The minimum atomic E-state index is -0.0206. The van der Waals surface area contributed by atoms with Crippen LogP contribution >= 0.6 is 0 Å². The van der Waals surface area contributed by atoms with Gasteiger partial charge in [0.05, 0.1) is 6.61 Å². The molecule has 0 fully saturated rings.